The maximum Gasteiger partial charge on any atom is 0.273 e. The Labute approximate surface area is 185 Å². The van der Waals surface area contributed by atoms with Crippen LogP contribution in [0.15, 0.2) is 47.8 Å². The number of ether oxygens (including phenoxy) is 1. The van der Waals surface area contributed by atoms with Gasteiger partial charge in [0.25, 0.3) is 5.91 Å². The first-order valence-corrected chi connectivity index (χ1v) is 11.0. The van der Waals surface area contributed by atoms with E-state index < -0.39 is 0 Å². The standard InChI is InChI=1S/C22H23ClN4O2S/c1-15-3-8-20(29-2)18(13-15)24-22-25-19(14-30-22)21(28)27-11-9-26(10-12-27)17-6-4-16(23)5-7-17/h3-8,13-14H,9-12H2,1-2H3,(H,24,25). The highest BCUT2D eigenvalue weighted by molar-refractivity contribution is 7.14. The van der Waals surface area contributed by atoms with Crippen LogP contribution in [0.3, 0.4) is 0 Å². The van der Waals surface area contributed by atoms with Crippen LogP contribution in [0.2, 0.25) is 5.02 Å². The van der Waals surface area contributed by atoms with Crippen LogP contribution in [0.1, 0.15) is 16.1 Å². The lowest BCUT2D eigenvalue weighted by atomic mass is 10.2. The number of aromatic nitrogens is 1. The molecule has 6 nitrogen and oxygen atoms in total. The summed E-state index contributed by atoms with van der Waals surface area (Å²) in [5.41, 5.74) is 3.54. The van der Waals surface area contributed by atoms with E-state index in [9.17, 15) is 4.79 Å². The van der Waals surface area contributed by atoms with E-state index >= 15 is 0 Å². The van der Waals surface area contributed by atoms with Gasteiger partial charge in [0.15, 0.2) is 5.13 Å². The van der Waals surface area contributed by atoms with Crippen LogP contribution in [-0.2, 0) is 0 Å². The Bertz CT molecular complexity index is 1030. The average molecular weight is 443 g/mol. The first kappa shape index (κ1) is 20.5. The van der Waals surface area contributed by atoms with Gasteiger partial charge in [0, 0.05) is 42.3 Å². The summed E-state index contributed by atoms with van der Waals surface area (Å²) in [7, 11) is 1.64. The number of benzene rings is 2. The predicted molar refractivity (Wildman–Crippen MR) is 123 cm³/mol. The van der Waals surface area contributed by atoms with E-state index in [0.717, 1.165) is 40.8 Å². The highest BCUT2D eigenvalue weighted by Gasteiger charge is 2.24. The van der Waals surface area contributed by atoms with Crippen molar-refractivity contribution >= 4 is 45.4 Å². The molecule has 1 amide bonds. The van der Waals surface area contributed by atoms with Gasteiger partial charge in [-0.15, -0.1) is 11.3 Å². The molecule has 0 radical (unpaired) electrons. The van der Waals surface area contributed by atoms with Crippen molar-refractivity contribution in [2.45, 2.75) is 6.92 Å². The molecule has 4 rings (SSSR count). The Kier molecular flexibility index (Phi) is 6.11. The van der Waals surface area contributed by atoms with E-state index in [1.54, 1.807) is 12.5 Å². The lowest BCUT2D eigenvalue weighted by Gasteiger charge is -2.35. The molecule has 30 heavy (non-hydrogen) atoms. The lowest BCUT2D eigenvalue weighted by molar-refractivity contribution is 0.0742. The molecule has 1 N–H and O–H groups in total. The van der Waals surface area contributed by atoms with E-state index in [2.05, 4.69) is 15.2 Å². The zero-order valence-electron chi connectivity index (χ0n) is 16.9. The summed E-state index contributed by atoms with van der Waals surface area (Å²) in [6.45, 7) is 4.90. The number of piperazine rings is 1. The van der Waals surface area contributed by atoms with Crippen molar-refractivity contribution < 1.29 is 9.53 Å². The third kappa shape index (κ3) is 4.52. The number of nitrogens with one attached hydrogen (secondary N) is 1. The lowest BCUT2D eigenvalue weighted by Crippen LogP contribution is -2.48. The summed E-state index contributed by atoms with van der Waals surface area (Å²) in [5.74, 6) is 0.702. The summed E-state index contributed by atoms with van der Waals surface area (Å²) in [6.07, 6.45) is 0. The second kappa shape index (κ2) is 8.93. The number of rotatable bonds is 5. The van der Waals surface area contributed by atoms with E-state index in [0.29, 0.717) is 23.9 Å². The largest absolute Gasteiger partial charge is 0.495 e. The highest BCUT2D eigenvalue weighted by atomic mass is 35.5. The van der Waals surface area contributed by atoms with Gasteiger partial charge in [0.2, 0.25) is 0 Å². The number of methoxy groups -OCH3 is 1. The maximum absolute atomic E-state index is 12.9. The zero-order valence-corrected chi connectivity index (χ0v) is 18.5. The third-order valence-electron chi connectivity index (χ3n) is 5.08. The molecule has 0 saturated carbocycles. The van der Waals surface area contributed by atoms with Gasteiger partial charge in [-0.2, -0.15) is 0 Å². The van der Waals surface area contributed by atoms with E-state index in [1.807, 2.05) is 54.3 Å². The van der Waals surface area contributed by atoms with Gasteiger partial charge < -0.3 is 19.9 Å². The van der Waals surface area contributed by atoms with Gasteiger partial charge >= 0.3 is 0 Å². The van der Waals surface area contributed by atoms with Crippen LogP contribution in [-0.4, -0.2) is 49.1 Å². The van der Waals surface area contributed by atoms with Crippen LogP contribution < -0.4 is 15.0 Å². The molecule has 2 heterocycles. The SMILES string of the molecule is COc1ccc(C)cc1Nc1nc(C(=O)N2CCN(c3ccc(Cl)cc3)CC2)cs1. The van der Waals surface area contributed by atoms with Crippen molar-refractivity contribution in [2.75, 3.05) is 43.5 Å². The average Bonchev–Trinajstić information content (AvgIpc) is 3.23. The van der Waals surface area contributed by atoms with Crippen LogP contribution in [0.5, 0.6) is 5.75 Å². The van der Waals surface area contributed by atoms with E-state index in [4.69, 9.17) is 16.3 Å². The number of amides is 1. The molecule has 0 bridgehead atoms. The minimum Gasteiger partial charge on any atom is -0.495 e. The number of thiazole rings is 1. The predicted octanol–water partition coefficient (Wildman–Crippen LogP) is 4.82. The fraction of sp³-hybridized carbons (Fsp3) is 0.273. The number of hydrogen-bond acceptors (Lipinski definition) is 6. The first-order chi connectivity index (χ1) is 14.5. The van der Waals surface area contributed by atoms with Crippen molar-refractivity contribution in [1.82, 2.24) is 9.88 Å². The summed E-state index contributed by atoms with van der Waals surface area (Å²) >= 11 is 7.38. The highest BCUT2D eigenvalue weighted by Crippen LogP contribution is 2.30. The van der Waals surface area contributed by atoms with E-state index in [-0.39, 0.29) is 5.91 Å². The smallest absolute Gasteiger partial charge is 0.273 e. The number of hydrogen-bond donors (Lipinski definition) is 1. The van der Waals surface area contributed by atoms with Crippen LogP contribution in [0, 0.1) is 6.92 Å². The topological polar surface area (TPSA) is 57.7 Å². The monoisotopic (exact) mass is 442 g/mol. The second-order valence-electron chi connectivity index (χ2n) is 7.12. The zero-order chi connectivity index (χ0) is 21.1. The molecule has 1 aromatic heterocycles. The Morgan fingerprint density at radius 3 is 2.57 bits per heavy atom. The number of halogens is 1. The number of carbonyl (C=O) groups is 1. The van der Waals surface area contributed by atoms with Crippen molar-refractivity contribution in [3.05, 3.63) is 64.1 Å². The van der Waals surface area contributed by atoms with Crippen molar-refractivity contribution in [1.29, 1.82) is 0 Å². The maximum atomic E-state index is 12.9. The van der Waals surface area contributed by atoms with Gasteiger partial charge in [-0.25, -0.2) is 4.98 Å². The minimum atomic E-state index is -0.0359. The van der Waals surface area contributed by atoms with Gasteiger partial charge in [-0.3, -0.25) is 4.79 Å². The Morgan fingerprint density at radius 2 is 1.87 bits per heavy atom. The van der Waals surface area contributed by atoms with E-state index in [1.165, 1.54) is 11.3 Å². The Hall–Kier alpha value is -2.77. The van der Waals surface area contributed by atoms with Crippen molar-refractivity contribution in [2.24, 2.45) is 0 Å². The molecule has 156 valence electrons. The van der Waals surface area contributed by atoms with Gasteiger partial charge in [0.1, 0.15) is 11.4 Å². The van der Waals surface area contributed by atoms with Gasteiger partial charge in [0.05, 0.1) is 12.8 Å². The molecular formula is C22H23ClN4O2S. The molecule has 8 heteroatoms. The molecule has 2 aromatic carbocycles. The van der Waals surface area contributed by atoms with Gasteiger partial charge in [-0.05, 0) is 48.9 Å². The molecular weight excluding hydrogens is 420 g/mol. The van der Waals surface area contributed by atoms with Gasteiger partial charge in [-0.1, -0.05) is 17.7 Å². The molecule has 0 atom stereocenters. The Morgan fingerprint density at radius 1 is 1.13 bits per heavy atom. The summed E-state index contributed by atoms with van der Waals surface area (Å²) in [4.78, 5) is 21.5. The summed E-state index contributed by atoms with van der Waals surface area (Å²) < 4.78 is 5.40. The number of nitrogens with zero attached hydrogens (tertiary/aromatic N) is 3. The molecule has 3 aromatic rings. The number of anilines is 3. The summed E-state index contributed by atoms with van der Waals surface area (Å²) in [5, 5.41) is 6.47. The minimum absolute atomic E-state index is 0.0359. The third-order valence-corrected chi connectivity index (χ3v) is 6.09. The normalized spacial score (nSPS) is 14.0. The molecule has 1 aliphatic heterocycles. The van der Waals surface area contributed by atoms with Crippen LogP contribution in [0.4, 0.5) is 16.5 Å². The van der Waals surface area contributed by atoms with Crippen LogP contribution in [0.25, 0.3) is 0 Å². The molecule has 0 spiro atoms. The molecule has 1 saturated heterocycles. The second-order valence-corrected chi connectivity index (χ2v) is 8.42. The molecule has 0 unspecified atom stereocenters. The quantitative estimate of drug-likeness (QED) is 0.613. The summed E-state index contributed by atoms with van der Waals surface area (Å²) in [6, 6.07) is 13.7. The van der Waals surface area contributed by atoms with Crippen molar-refractivity contribution in [3.8, 4) is 5.75 Å². The number of carbonyl (C=O) groups excluding carboxylic acids is 1. The molecule has 1 fully saturated rings. The fourth-order valence-corrected chi connectivity index (χ4v) is 4.27. The molecule has 0 aliphatic carbocycles. The fourth-order valence-electron chi connectivity index (χ4n) is 3.45. The van der Waals surface area contributed by atoms with Crippen molar-refractivity contribution in [3.63, 3.8) is 0 Å². The Balaban J connectivity index is 1.39. The van der Waals surface area contributed by atoms with Crippen LogP contribution >= 0.6 is 22.9 Å². The first-order valence-electron chi connectivity index (χ1n) is 9.70. The molecule has 1 aliphatic rings. The number of aryl methyl sites for hydroxylation is 1.